The number of hydrogen-bond acceptors (Lipinski definition) is 1. The highest BCUT2D eigenvalue weighted by Gasteiger charge is 2.38. The van der Waals surface area contributed by atoms with Crippen LogP contribution in [0.25, 0.3) is 0 Å². The van der Waals surface area contributed by atoms with Gasteiger partial charge in [-0.25, -0.2) is 0 Å². The zero-order valence-electron chi connectivity index (χ0n) is 8.15. The van der Waals surface area contributed by atoms with E-state index < -0.39 is 12.7 Å². The van der Waals surface area contributed by atoms with Crippen molar-refractivity contribution in [3.8, 4) is 0 Å². The first kappa shape index (κ1) is 12.3. The van der Waals surface area contributed by atoms with Crippen molar-refractivity contribution in [2.45, 2.75) is 32.0 Å². The Hall–Kier alpha value is 0.230. The lowest BCUT2D eigenvalue weighted by atomic mass is 10.2. The first-order valence-electron chi connectivity index (χ1n) is 4.79. The second-order valence-corrected chi connectivity index (χ2v) is 4.68. The molecule has 0 aromatic carbocycles. The molecule has 1 rings (SSSR count). The molecule has 0 bridgehead atoms. The maximum absolute atomic E-state index is 12.2. The summed E-state index contributed by atoms with van der Waals surface area (Å²) in [5, 5.41) is 0.758. The Morgan fingerprint density at radius 2 is 2.00 bits per heavy atom. The maximum atomic E-state index is 12.2. The van der Waals surface area contributed by atoms with Crippen LogP contribution < -0.4 is 0 Å². The Balaban J connectivity index is 2.39. The number of hydrogen-bond donors (Lipinski definition) is 0. The van der Waals surface area contributed by atoms with Gasteiger partial charge in [0.15, 0.2) is 0 Å². The minimum atomic E-state index is -4.06. The molecular formula is C9H15BrF3N. The zero-order chi connectivity index (χ0) is 10.8. The second kappa shape index (κ2) is 4.84. The van der Waals surface area contributed by atoms with Crippen LogP contribution in [0.15, 0.2) is 0 Å². The van der Waals surface area contributed by atoms with Crippen LogP contribution in [-0.4, -0.2) is 35.5 Å². The molecule has 0 aromatic rings. The molecule has 1 fully saturated rings. The topological polar surface area (TPSA) is 3.24 Å². The lowest BCUT2D eigenvalue weighted by Crippen LogP contribution is -2.38. The molecule has 0 aromatic heterocycles. The molecule has 0 spiro atoms. The van der Waals surface area contributed by atoms with Crippen molar-refractivity contribution in [3.05, 3.63) is 0 Å². The molecule has 1 nitrogen and oxygen atoms in total. The van der Waals surface area contributed by atoms with Crippen LogP contribution in [0.2, 0.25) is 0 Å². The van der Waals surface area contributed by atoms with Crippen molar-refractivity contribution in [1.29, 1.82) is 0 Å². The molecule has 1 saturated carbocycles. The van der Waals surface area contributed by atoms with Crippen molar-refractivity contribution in [3.63, 3.8) is 0 Å². The zero-order valence-corrected chi connectivity index (χ0v) is 9.74. The molecule has 0 radical (unpaired) electrons. The summed E-state index contributed by atoms with van der Waals surface area (Å²) in [4.78, 5) is 1.56. The summed E-state index contributed by atoms with van der Waals surface area (Å²) in [6.07, 6.45) is -2.22. The molecule has 84 valence electrons. The molecule has 14 heavy (non-hydrogen) atoms. The van der Waals surface area contributed by atoms with E-state index >= 15 is 0 Å². The van der Waals surface area contributed by atoms with Gasteiger partial charge in [0.05, 0.1) is 6.54 Å². The molecule has 5 heteroatoms. The van der Waals surface area contributed by atoms with E-state index in [1.54, 1.807) is 4.90 Å². The van der Waals surface area contributed by atoms with E-state index in [0.29, 0.717) is 6.54 Å². The molecule has 0 amide bonds. The summed E-state index contributed by atoms with van der Waals surface area (Å²) in [7, 11) is 0. The third-order valence-corrected chi connectivity index (χ3v) is 3.36. The van der Waals surface area contributed by atoms with E-state index in [2.05, 4.69) is 15.9 Å². The molecule has 0 saturated heterocycles. The molecule has 0 N–H and O–H groups in total. The molecule has 1 aliphatic carbocycles. The van der Waals surface area contributed by atoms with Gasteiger partial charge in [-0.2, -0.15) is 13.2 Å². The van der Waals surface area contributed by atoms with Crippen LogP contribution in [-0.2, 0) is 0 Å². The van der Waals surface area contributed by atoms with E-state index in [1.165, 1.54) is 0 Å². The van der Waals surface area contributed by atoms with Gasteiger partial charge in [0.2, 0.25) is 0 Å². The standard InChI is InChI=1S/C9H15BrF3N/c1-7(4-10)5-14(8-2-3-8)6-9(11,12)13/h7-8H,2-6H2,1H3. The number of nitrogens with zero attached hydrogens (tertiary/aromatic N) is 1. The summed E-state index contributed by atoms with van der Waals surface area (Å²) < 4.78 is 36.6. The Kier molecular flexibility index (Phi) is 4.25. The third kappa shape index (κ3) is 4.64. The van der Waals surface area contributed by atoms with Gasteiger partial charge in [-0.05, 0) is 18.8 Å². The molecule has 1 aliphatic rings. The van der Waals surface area contributed by atoms with Gasteiger partial charge < -0.3 is 0 Å². The summed E-state index contributed by atoms with van der Waals surface area (Å²) in [5.41, 5.74) is 0. The average molecular weight is 274 g/mol. The monoisotopic (exact) mass is 273 g/mol. The predicted octanol–water partition coefficient (Wildman–Crippen LogP) is 3.04. The Morgan fingerprint density at radius 1 is 1.43 bits per heavy atom. The normalized spacial score (nSPS) is 20.1. The highest BCUT2D eigenvalue weighted by molar-refractivity contribution is 9.09. The van der Waals surface area contributed by atoms with E-state index in [9.17, 15) is 13.2 Å². The van der Waals surface area contributed by atoms with E-state index in [4.69, 9.17) is 0 Å². The minimum absolute atomic E-state index is 0.179. The summed E-state index contributed by atoms with van der Waals surface area (Å²) in [5.74, 6) is 0.276. The number of rotatable bonds is 5. The summed E-state index contributed by atoms with van der Waals surface area (Å²) in [6, 6.07) is 0.179. The van der Waals surface area contributed by atoms with Crippen LogP contribution in [0, 0.1) is 5.92 Å². The van der Waals surface area contributed by atoms with Crippen LogP contribution >= 0.6 is 15.9 Å². The maximum Gasteiger partial charge on any atom is 0.401 e. The lowest BCUT2D eigenvalue weighted by molar-refractivity contribution is -0.148. The lowest BCUT2D eigenvalue weighted by Gasteiger charge is -2.25. The van der Waals surface area contributed by atoms with Crippen LogP contribution in [0.5, 0.6) is 0 Å². The van der Waals surface area contributed by atoms with Gasteiger partial charge in [-0.3, -0.25) is 4.90 Å². The van der Waals surface area contributed by atoms with Crippen LogP contribution in [0.4, 0.5) is 13.2 Å². The first-order valence-corrected chi connectivity index (χ1v) is 5.91. The third-order valence-electron chi connectivity index (χ3n) is 2.26. The largest absolute Gasteiger partial charge is 0.401 e. The molecule has 0 heterocycles. The minimum Gasteiger partial charge on any atom is -0.292 e. The van der Waals surface area contributed by atoms with E-state index in [0.717, 1.165) is 18.2 Å². The summed E-state index contributed by atoms with van der Waals surface area (Å²) >= 11 is 3.28. The fourth-order valence-corrected chi connectivity index (χ4v) is 1.67. The van der Waals surface area contributed by atoms with Crippen molar-refractivity contribution in [2.24, 2.45) is 5.92 Å². The molecular weight excluding hydrogens is 259 g/mol. The van der Waals surface area contributed by atoms with Crippen molar-refractivity contribution in [1.82, 2.24) is 4.90 Å². The van der Waals surface area contributed by atoms with Crippen molar-refractivity contribution in [2.75, 3.05) is 18.4 Å². The Labute approximate surface area is 90.8 Å². The van der Waals surface area contributed by atoms with Gasteiger partial charge in [0, 0.05) is 17.9 Å². The fourth-order valence-electron chi connectivity index (χ4n) is 1.46. The number of halogens is 4. The Morgan fingerprint density at radius 3 is 2.36 bits per heavy atom. The molecule has 1 atom stereocenters. The smallest absolute Gasteiger partial charge is 0.292 e. The first-order chi connectivity index (χ1) is 6.42. The SMILES string of the molecule is CC(CBr)CN(CC(F)(F)F)C1CC1. The quantitative estimate of drug-likeness (QED) is 0.696. The average Bonchev–Trinajstić information content (AvgIpc) is 2.82. The van der Waals surface area contributed by atoms with Gasteiger partial charge in [-0.1, -0.05) is 22.9 Å². The Bertz CT molecular complexity index is 179. The second-order valence-electron chi connectivity index (χ2n) is 4.04. The fraction of sp³-hybridized carbons (Fsp3) is 1.00. The highest BCUT2D eigenvalue weighted by atomic mass is 79.9. The van der Waals surface area contributed by atoms with E-state index in [-0.39, 0.29) is 12.0 Å². The van der Waals surface area contributed by atoms with Crippen LogP contribution in [0.3, 0.4) is 0 Å². The van der Waals surface area contributed by atoms with Gasteiger partial charge in [0.1, 0.15) is 0 Å². The van der Waals surface area contributed by atoms with E-state index in [1.807, 2.05) is 6.92 Å². The molecule has 1 unspecified atom stereocenters. The van der Waals surface area contributed by atoms with Crippen molar-refractivity contribution >= 4 is 15.9 Å². The van der Waals surface area contributed by atoms with Gasteiger partial charge in [0.25, 0.3) is 0 Å². The van der Waals surface area contributed by atoms with Crippen LogP contribution in [0.1, 0.15) is 19.8 Å². The van der Waals surface area contributed by atoms with Crippen molar-refractivity contribution < 1.29 is 13.2 Å². The molecule has 0 aliphatic heterocycles. The summed E-state index contributed by atoms with van der Waals surface area (Å²) in [6.45, 7) is 1.74. The van der Waals surface area contributed by atoms with Gasteiger partial charge >= 0.3 is 6.18 Å². The number of alkyl halides is 4. The van der Waals surface area contributed by atoms with Gasteiger partial charge in [-0.15, -0.1) is 0 Å². The predicted molar refractivity (Wildman–Crippen MR) is 53.6 cm³/mol. The highest BCUT2D eigenvalue weighted by Crippen LogP contribution is 2.30.